The van der Waals surface area contributed by atoms with Gasteiger partial charge in [0.25, 0.3) is 0 Å². The molecule has 1 unspecified atom stereocenters. The fraction of sp³-hybridized carbons (Fsp3) is 0.200. The third kappa shape index (κ3) is 3.88. The maximum atomic E-state index is 10.8. The molecule has 0 spiro atoms. The van der Waals surface area contributed by atoms with Crippen LogP contribution in [0, 0.1) is 11.5 Å². The minimum Gasteiger partial charge on any atom is -0.447 e. The van der Waals surface area contributed by atoms with Crippen molar-refractivity contribution in [1.82, 2.24) is 5.32 Å². The Kier molecular flexibility index (Phi) is 4.45. The number of nitrogens with zero attached hydrogens (tertiary/aromatic N) is 1. The second-order valence-corrected chi connectivity index (χ2v) is 3.24. The van der Waals surface area contributed by atoms with Crippen LogP contribution >= 0.6 is 11.6 Å². The molecular weight excluding hydrogens is 216 g/mol. The molecule has 78 valence electrons. The summed E-state index contributed by atoms with van der Waals surface area (Å²) in [5, 5.41) is 9.56. The molecule has 1 aromatic rings. The molecule has 0 bridgehead atoms. The summed E-state index contributed by atoms with van der Waals surface area (Å²) in [5.74, 6) is 0. The minimum absolute atomic E-state index is 0.0269. The van der Waals surface area contributed by atoms with E-state index in [1.807, 2.05) is 35.6 Å². The Hall–Kier alpha value is -1.73. The van der Waals surface area contributed by atoms with E-state index >= 15 is 0 Å². The number of carbonyl (C=O) groups excluding carboxylic acids is 1. The van der Waals surface area contributed by atoms with Gasteiger partial charge in [0.05, 0.1) is 5.38 Å². The van der Waals surface area contributed by atoms with Crippen molar-refractivity contribution in [2.75, 3.05) is 6.61 Å². The van der Waals surface area contributed by atoms with Crippen LogP contribution in [-0.2, 0) is 4.74 Å². The summed E-state index contributed by atoms with van der Waals surface area (Å²) in [4.78, 5) is 10.8. The van der Waals surface area contributed by atoms with Crippen molar-refractivity contribution in [3.05, 3.63) is 35.9 Å². The summed E-state index contributed by atoms with van der Waals surface area (Å²) in [6, 6.07) is 9.24. The molecule has 0 aliphatic rings. The van der Waals surface area contributed by atoms with E-state index in [1.165, 1.54) is 6.19 Å². The predicted molar refractivity (Wildman–Crippen MR) is 55.1 cm³/mol. The van der Waals surface area contributed by atoms with E-state index in [4.69, 9.17) is 21.6 Å². The fourth-order valence-corrected chi connectivity index (χ4v) is 1.20. The summed E-state index contributed by atoms with van der Waals surface area (Å²) in [6.07, 6.45) is 0.671. The van der Waals surface area contributed by atoms with Crippen molar-refractivity contribution < 1.29 is 9.53 Å². The first-order chi connectivity index (χ1) is 7.24. The number of benzene rings is 1. The molecule has 1 aromatic carbocycles. The van der Waals surface area contributed by atoms with Gasteiger partial charge in [-0.1, -0.05) is 30.3 Å². The van der Waals surface area contributed by atoms with Crippen molar-refractivity contribution in [3.8, 4) is 6.19 Å². The SMILES string of the molecule is N#CNC(=O)OCC(Cl)c1ccccc1. The van der Waals surface area contributed by atoms with Gasteiger partial charge in [0.15, 0.2) is 6.19 Å². The lowest BCUT2D eigenvalue weighted by Crippen LogP contribution is -2.20. The quantitative estimate of drug-likeness (QED) is 0.486. The highest BCUT2D eigenvalue weighted by atomic mass is 35.5. The number of hydrogen-bond acceptors (Lipinski definition) is 3. The van der Waals surface area contributed by atoms with Gasteiger partial charge in [-0.25, -0.2) is 10.1 Å². The highest BCUT2D eigenvalue weighted by Gasteiger charge is 2.10. The van der Waals surface area contributed by atoms with E-state index in [-0.39, 0.29) is 6.61 Å². The van der Waals surface area contributed by atoms with Gasteiger partial charge in [0.2, 0.25) is 0 Å². The first-order valence-electron chi connectivity index (χ1n) is 4.25. The summed E-state index contributed by atoms with van der Waals surface area (Å²) < 4.78 is 4.69. The van der Waals surface area contributed by atoms with E-state index < -0.39 is 11.5 Å². The monoisotopic (exact) mass is 224 g/mol. The van der Waals surface area contributed by atoms with Crippen LogP contribution in [0.1, 0.15) is 10.9 Å². The summed E-state index contributed by atoms with van der Waals surface area (Å²) in [6.45, 7) is 0.0269. The molecule has 0 aliphatic carbocycles. The van der Waals surface area contributed by atoms with Crippen molar-refractivity contribution >= 4 is 17.7 Å². The molecule has 0 heterocycles. The van der Waals surface area contributed by atoms with Crippen LogP contribution < -0.4 is 5.32 Å². The zero-order valence-electron chi connectivity index (χ0n) is 7.81. The largest absolute Gasteiger partial charge is 0.447 e. The molecule has 1 amide bonds. The molecule has 0 fully saturated rings. The second kappa shape index (κ2) is 5.89. The molecule has 5 heteroatoms. The lowest BCUT2D eigenvalue weighted by molar-refractivity contribution is 0.150. The van der Waals surface area contributed by atoms with Crippen LogP contribution in [0.4, 0.5) is 4.79 Å². The number of rotatable bonds is 3. The molecule has 4 nitrogen and oxygen atoms in total. The van der Waals surface area contributed by atoms with Gasteiger partial charge in [0.1, 0.15) is 6.61 Å². The number of alkyl carbamates (subject to hydrolysis) is 1. The molecule has 15 heavy (non-hydrogen) atoms. The van der Waals surface area contributed by atoms with Crippen LogP contribution in [-0.4, -0.2) is 12.7 Å². The van der Waals surface area contributed by atoms with E-state index in [1.54, 1.807) is 0 Å². The van der Waals surface area contributed by atoms with Crippen LogP contribution in [0.2, 0.25) is 0 Å². The van der Waals surface area contributed by atoms with Gasteiger partial charge in [-0.3, -0.25) is 0 Å². The normalized spacial score (nSPS) is 11.2. The van der Waals surface area contributed by atoms with Gasteiger partial charge < -0.3 is 4.74 Å². The van der Waals surface area contributed by atoms with Gasteiger partial charge in [0, 0.05) is 0 Å². The van der Waals surface area contributed by atoms with Crippen molar-refractivity contribution in [2.24, 2.45) is 0 Å². The van der Waals surface area contributed by atoms with E-state index in [0.29, 0.717) is 0 Å². The summed E-state index contributed by atoms with van der Waals surface area (Å²) >= 11 is 5.96. The van der Waals surface area contributed by atoms with E-state index in [2.05, 4.69) is 0 Å². The highest BCUT2D eigenvalue weighted by Crippen LogP contribution is 2.19. The van der Waals surface area contributed by atoms with Gasteiger partial charge in [-0.2, -0.15) is 5.26 Å². The molecule has 0 aromatic heterocycles. The molecule has 0 radical (unpaired) electrons. The van der Waals surface area contributed by atoms with Crippen molar-refractivity contribution in [3.63, 3.8) is 0 Å². The Bertz CT molecular complexity index is 361. The van der Waals surface area contributed by atoms with Crippen molar-refractivity contribution in [1.29, 1.82) is 5.26 Å². The number of ether oxygens (including phenoxy) is 1. The van der Waals surface area contributed by atoms with Crippen LogP contribution in [0.25, 0.3) is 0 Å². The van der Waals surface area contributed by atoms with Crippen LogP contribution in [0.3, 0.4) is 0 Å². The first kappa shape index (κ1) is 11.3. The number of carbonyl (C=O) groups is 1. The van der Waals surface area contributed by atoms with Crippen molar-refractivity contribution in [2.45, 2.75) is 5.38 Å². The first-order valence-corrected chi connectivity index (χ1v) is 4.68. The number of amides is 1. The Morgan fingerprint density at radius 2 is 2.20 bits per heavy atom. The smallest absolute Gasteiger partial charge is 0.420 e. The third-order valence-electron chi connectivity index (χ3n) is 1.68. The van der Waals surface area contributed by atoms with Crippen LogP contribution in [0.5, 0.6) is 0 Å². The molecule has 1 atom stereocenters. The lowest BCUT2D eigenvalue weighted by Gasteiger charge is -2.09. The zero-order valence-corrected chi connectivity index (χ0v) is 8.57. The Balaban J connectivity index is 2.41. The molecule has 0 saturated heterocycles. The average Bonchev–Trinajstić information content (AvgIpc) is 2.27. The number of hydrogen-bond donors (Lipinski definition) is 1. The molecule has 0 saturated carbocycles. The molecule has 1 N–H and O–H groups in total. The predicted octanol–water partition coefficient (Wildman–Crippen LogP) is 2.17. The molecular formula is C10H9ClN2O2. The number of halogens is 1. The number of nitriles is 1. The Morgan fingerprint density at radius 3 is 2.80 bits per heavy atom. The Morgan fingerprint density at radius 1 is 1.53 bits per heavy atom. The van der Waals surface area contributed by atoms with E-state index in [9.17, 15) is 4.79 Å². The Labute approximate surface area is 92.4 Å². The third-order valence-corrected chi connectivity index (χ3v) is 2.06. The molecule has 0 aliphatic heterocycles. The fourth-order valence-electron chi connectivity index (χ4n) is 0.989. The second-order valence-electron chi connectivity index (χ2n) is 2.71. The number of nitrogens with one attached hydrogen (secondary N) is 1. The highest BCUT2D eigenvalue weighted by molar-refractivity contribution is 6.21. The maximum Gasteiger partial charge on any atom is 0.420 e. The van der Waals surface area contributed by atoms with E-state index in [0.717, 1.165) is 5.56 Å². The maximum absolute atomic E-state index is 10.8. The van der Waals surface area contributed by atoms with Gasteiger partial charge >= 0.3 is 6.09 Å². The van der Waals surface area contributed by atoms with Gasteiger partial charge in [-0.05, 0) is 5.56 Å². The van der Waals surface area contributed by atoms with Crippen LogP contribution in [0.15, 0.2) is 30.3 Å². The summed E-state index contributed by atoms with van der Waals surface area (Å²) in [5.41, 5.74) is 0.865. The lowest BCUT2D eigenvalue weighted by atomic mass is 10.2. The topological polar surface area (TPSA) is 62.1 Å². The summed E-state index contributed by atoms with van der Waals surface area (Å²) in [7, 11) is 0. The van der Waals surface area contributed by atoms with Gasteiger partial charge in [-0.15, -0.1) is 11.6 Å². The minimum atomic E-state index is -0.793. The zero-order chi connectivity index (χ0) is 11.1. The average molecular weight is 225 g/mol. The molecule has 1 rings (SSSR count). The number of alkyl halides is 1. The standard InChI is InChI=1S/C10H9ClN2O2/c11-9(6-15-10(14)13-7-12)8-4-2-1-3-5-8/h1-5,9H,6H2,(H,13,14).